The van der Waals surface area contributed by atoms with Crippen LogP contribution in [0.15, 0.2) is 42.5 Å². The molecular formula is C25H24ClO3-. The molecule has 2 aromatic carbocycles. The lowest BCUT2D eigenvalue weighted by atomic mass is 9.48. The highest BCUT2D eigenvalue weighted by Crippen LogP contribution is 2.61. The fraction of sp³-hybridized carbons (Fsp3) is 0.400. The summed E-state index contributed by atoms with van der Waals surface area (Å²) in [6.45, 7) is 0. The lowest BCUT2D eigenvalue weighted by Crippen LogP contribution is -2.48. The standard InChI is InChI=1S/C25H25ClO3/c26-22-11-20(2-1-18(22)4-6-24(28)29)19-3-5-23(27)21(10-19)25-12-15-7-16(13-25)9-17(8-15)14-25/h1-6,10-11,15-17,27H,7-9,12-14H2,(H,28,29)/p-1/b6-4+. The molecule has 0 aliphatic heterocycles. The van der Waals surface area contributed by atoms with Crippen molar-refractivity contribution in [3.8, 4) is 16.9 Å². The van der Waals surface area contributed by atoms with E-state index in [-0.39, 0.29) is 11.2 Å². The van der Waals surface area contributed by atoms with Crippen molar-refractivity contribution < 1.29 is 15.0 Å². The van der Waals surface area contributed by atoms with Crippen LogP contribution in [-0.2, 0) is 10.2 Å². The largest absolute Gasteiger partial charge is 0.872 e. The Morgan fingerprint density at radius 1 is 1.00 bits per heavy atom. The van der Waals surface area contributed by atoms with Crippen molar-refractivity contribution in [2.24, 2.45) is 17.8 Å². The second-order valence-corrected chi connectivity index (χ2v) is 9.72. The molecule has 4 aliphatic rings. The highest BCUT2D eigenvalue weighted by Gasteiger charge is 2.51. The Bertz CT molecular complexity index is 972. The van der Waals surface area contributed by atoms with Crippen LogP contribution >= 0.6 is 11.6 Å². The topological polar surface area (TPSA) is 60.4 Å². The lowest BCUT2D eigenvalue weighted by molar-refractivity contribution is -0.271. The molecule has 6 rings (SSSR count). The van der Waals surface area contributed by atoms with Crippen LogP contribution in [0.5, 0.6) is 5.75 Å². The second-order valence-electron chi connectivity index (χ2n) is 9.32. The van der Waals surface area contributed by atoms with Crippen molar-refractivity contribution in [1.29, 1.82) is 0 Å². The van der Waals surface area contributed by atoms with Crippen LogP contribution in [0.3, 0.4) is 0 Å². The van der Waals surface area contributed by atoms with Gasteiger partial charge in [-0.15, -0.1) is 5.75 Å². The third-order valence-corrected chi connectivity index (χ3v) is 7.66. The van der Waals surface area contributed by atoms with Gasteiger partial charge in [-0.2, -0.15) is 0 Å². The number of hydrogen-bond donors (Lipinski definition) is 1. The second kappa shape index (κ2) is 6.91. The molecular weight excluding hydrogens is 384 g/mol. The first-order valence-electron chi connectivity index (χ1n) is 10.4. The van der Waals surface area contributed by atoms with E-state index in [1.165, 1.54) is 44.6 Å². The quantitative estimate of drug-likeness (QED) is 0.666. The minimum atomic E-state index is -1.00. The van der Waals surface area contributed by atoms with Crippen molar-refractivity contribution in [2.45, 2.75) is 43.9 Å². The summed E-state index contributed by atoms with van der Waals surface area (Å²) in [6, 6.07) is 11.3. The number of benzene rings is 2. The molecule has 0 unspecified atom stereocenters. The summed E-state index contributed by atoms with van der Waals surface area (Å²) >= 11 is 6.38. The summed E-state index contributed by atoms with van der Waals surface area (Å²) in [4.78, 5) is 10.7. The number of carbonyl (C=O) groups is 1. The van der Waals surface area contributed by atoms with Crippen LogP contribution in [-0.4, -0.2) is 11.1 Å². The molecule has 4 heteroatoms. The van der Waals surface area contributed by atoms with Gasteiger partial charge in [-0.25, -0.2) is 4.79 Å². The summed E-state index contributed by atoms with van der Waals surface area (Å²) in [6.07, 6.45) is 10.1. The molecule has 4 bridgehead atoms. The van der Waals surface area contributed by atoms with Gasteiger partial charge in [0.2, 0.25) is 0 Å². The number of aliphatic carboxylic acids is 1. The van der Waals surface area contributed by atoms with Crippen LogP contribution < -0.4 is 5.11 Å². The van der Waals surface area contributed by atoms with Gasteiger partial charge in [-0.3, -0.25) is 0 Å². The summed E-state index contributed by atoms with van der Waals surface area (Å²) in [7, 11) is 0. The van der Waals surface area contributed by atoms with Gasteiger partial charge in [0, 0.05) is 11.1 Å². The van der Waals surface area contributed by atoms with E-state index in [0.29, 0.717) is 10.6 Å². The van der Waals surface area contributed by atoms with Gasteiger partial charge < -0.3 is 10.2 Å². The van der Waals surface area contributed by atoms with Crippen molar-refractivity contribution in [3.63, 3.8) is 0 Å². The Hall–Kier alpha value is -2.26. The predicted molar refractivity (Wildman–Crippen MR) is 113 cm³/mol. The first-order valence-corrected chi connectivity index (χ1v) is 10.8. The first-order chi connectivity index (χ1) is 13.9. The Morgan fingerprint density at radius 3 is 2.17 bits per heavy atom. The average molecular weight is 408 g/mol. The number of carboxylic acid groups (broad SMARTS) is 1. The van der Waals surface area contributed by atoms with Crippen LogP contribution in [0.1, 0.15) is 49.7 Å². The molecule has 0 radical (unpaired) electrons. The number of carboxylic acids is 1. The maximum Gasteiger partial charge on any atom is 0.328 e. The van der Waals surface area contributed by atoms with Gasteiger partial charge in [0.15, 0.2) is 0 Å². The predicted octanol–water partition coefficient (Wildman–Crippen LogP) is 5.65. The maximum absolute atomic E-state index is 12.9. The third-order valence-electron chi connectivity index (χ3n) is 7.33. The summed E-state index contributed by atoms with van der Waals surface area (Å²) in [5, 5.41) is 22.2. The van der Waals surface area contributed by atoms with E-state index in [4.69, 9.17) is 16.7 Å². The van der Waals surface area contributed by atoms with Crippen molar-refractivity contribution in [3.05, 3.63) is 58.6 Å². The summed E-state index contributed by atoms with van der Waals surface area (Å²) in [5.74, 6) is 1.54. The molecule has 150 valence electrons. The number of rotatable bonds is 4. The minimum Gasteiger partial charge on any atom is -0.872 e. The van der Waals surface area contributed by atoms with Gasteiger partial charge in [0.1, 0.15) is 0 Å². The maximum atomic E-state index is 12.9. The van der Waals surface area contributed by atoms with Crippen molar-refractivity contribution >= 4 is 23.6 Å². The van der Waals surface area contributed by atoms with Crippen molar-refractivity contribution in [2.75, 3.05) is 0 Å². The average Bonchev–Trinajstić information content (AvgIpc) is 2.66. The monoisotopic (exact) mass is 407 g/mol. The van der Waals surface area contributed by atoms with Gasteiger partial charge in [0.25, 0.3) is 0 Å². The first kappa shape index (κ1) is 18.7. The Balaban J connectivity index is 1.51. The van der Waals surface area contributed by atoms with E-state index >= 15 is 0 Å². The highest BCUT2D eigenvalue weighted by molar-refractivity contribution is 6.32. The number of halogens is 1. The van der Waals surface area contributed by atoms with E-state index in [2.05, 4.69) is 6.07 Å². The van der Waals surface area contributed by atoms with E-state index in [1.807, 2.05) is 24.3 Å². The molecule has 0 saturated heterocycles. The zero-order valence-electron chi connectivity index (χ0n) is 16.2. The van der Waals surface area contributed by atoms with E-state index in [1.54, 1.807) is 6.07 Å². The molecule has 1 N–H and O–H groups in total. The molecule has 29 heavy (non-hydrogen) atoms. The molecule has 4 fully saturated rings. The summed E-state index contributed by atoms with van der Waals surface area (Å²) < 4.78 is 0. The third kappa shape index (κ3) is 3.36. The molecule has 3 nitrogen and oxygen atoms in total. The Labute approximate surface area is 176 Å². The lowest BCUT2D eigenvalue weighted by Gasteiger charge is -2.58. The Morgan fingerprint density at radius 2 is 1.59 bits per heavy atom. The molecule has 4 aliphatic carbocycles. The number of hydrogen-bond acceptors (Lipinski definition) is 2. The molecule has 0 spiro atoms. The van der Waals surface area contributed by atoms with Crippen LogP contribution in [0.4, 0.5) is 0 Å². The van der Waals surface area contributed by atoms with Gasteiger partial charge >= 0.3 is 5.97 Å². The minimum absolute atomic E-state index is 0.0653. The molecule has 4 saturated carbocycles. The van der Waals surface area contributed by atoms with Gasteiger partial charge in [0.05, 0.1) is 0 Å². The van der Waals surface area contributed by atoms with Crippen LogP contribution in [0.25, 0.3) is 17.2 Å². The van der Waals surface area contributed by atoms with Crippen LogP contribution in [0, 0.1) is 17.8 Å². The van der Waals surface area contributed by atoms with Gasteiger partial charge in [-0.05, 0) is 96.1 Å². The van der Waals surface area contributed by atoms with Gasteiger partial charge in [-0.1, -0.05) is 41.9 Å². The molecule has 0 heterocycles. The van der Waals surface area contributed by atoms with E-state index in [9.17, 15) is 9.90 Å². The van der Waals surface area contributed by atoms with E-state index in [0.717, 1.165) is 40.5 Å². The van der Waals surface area contributed by atoms with Crippen LogP contribution in [0.2, 0.25) is 5.02 Å². The molecule has 2 aromatic rings. The summed E-state index contributed by atoms with van der Waals surface area (Å²) in [5.41, 5.74) is 3.69. The molecule has 0 amide bonds. The Kier molecular flexibility index (Phi) is 4.47. The zero-order chi connectivity index (χ0) is 20.2. The zero-order valence-corrected chi connectivity index (χ0v) is 17.0. The molecule has 0 atom stereocenters. The smallest absolute Gasteiger partial charge is 0.328 e. The van der Waals surface area contributed by atoms with Crippen molar-refractivity contribution in [1.82, 2.24) is 0 Å². The molecule has 0 aromatic heterocycles. The fourth-order valence-corrected chi connectivity index (χ4v) is 6.81. The normalized spacial score (nSPS) is 30.2. The SMILES string of the molecule is O=C(O)/C=C/c1ccc(-c2ccc([O-])c(C34CC5CC(CC(C5)C3)C4)c2)cc1Cl. The highest BCUT2D eigenvalue weighted by atomic mass is 35.5. The fourth-order valence-electron chi connectivity index (χ4n) is 6.57. The van der Waals surface area contributed by atoms with E-state index < -0.39 is 5.97 Å².